The summed E-state index contributed by atoms with van der Waals surface area (Å²) in [7, 11) is 0. The summed E-state index contributed by atoms with van der Waals surface area (Å²) in [6.45, 7) is 1.48. The molecule has 0 saturated carbocycles. The second kappa shape index (κ2) is 8.26. The van der Waals surface area contributed by atoms with Gasteiger partial charge in [-0.25, -0.2) is 14.2 Å². The lowest BCUT2D eigenvalue weighted by atomic mass is 10.3. The van der Waals surface area contributed by atoms with Crippen LogP contribution in [-0.4, -0.2) is 30.1 Å². The molecule has 0 fully saturated rings. The van der Waals surface area contributed by atoms with Crippen molar-refractivity contribution in [2.45, 2.75) is 6.92 Å². The summed E-state index contributed by atoms with van der Waals surface area (Å²) in [5.41, 5.74) is 0.000943. The van der Waals surface area contributed by atoms with Crippen LogP contribution in [0.5, 0.6) is 5.88 Å². The van der Waals surface area contributed by atoms with E-state index in [1.165, 1.54) is 24.4 Å². The SMILES string of the molecule is CCOc1ncccc1C(=O)OCC(=O)Nc1cc(Cl)ccc1F. The number of aromatic nitrogens is 1. The summed E-state index contributed by atoms with van der Waals surface area (Å²) in [5, 5.41) is 2.54. The third-order valence-electron chi connectivity index (χ3n) is 2.81. The Morgan fingerprint density at radius 1 is 1.33 bits per heavy atom. The van der Waals surface area contributed by atoms with Crippen molar-refractivity contribution in [2.24, 2.45) is 0 Å². The van der Waals surface area contributed by atoms with Crippen molar-refractivity contribution in [1.29, 1.82) is 0 Å². The predicted molar refractivity (Wildman–Crippen MR) is 85.7 cm³/mol. The number of pyridine rings is 1. The fourth-order valence-corrected chi connectivity index (χ4v) is 1.96. The van der Waals surface area contributed by atoms with Gasteiger partial charge in [0.1, 0.15) is 11.4 Å². The van der Waals surface area contributed by atoms with Crippen LogP contribution in [0, 0.1) is 5.82 Å². The second-order valence-corrected chi connectivity index (χ2v) is 4.97. The molecule has 0 bridgehead atoms. The van der Waals surface area contributed by atoms with Crippen LogP contribution in [0.2, 0.25) is 5.02 Å². The number of nitrogens with one attached hydrogen (secondary N) is 1. The van der Waals surface area contributed by atoms with Crippen LogP contribution < -0.4 is 10.1 Å². The number of nitrogens with zero attached hydrogens (tertiary/aromatic N) is 1. The summed E-state index contributed by atoms with van der Waals surface area (Å²) in [6.07, 6.45) is 1.47. The largest absolute Gasteiger partial charge is 0.477 e. The molecule has 2 rings (SSSR count). The minimum absolute atomic E-state index is 0.0973. The first-order chi connectivity index (χ1) is 11.5. The van der Waals surface area contributed by atoms with Crippen LogP contribution in [0.3, 0.4) is 0 Å². The van der Waals surface area contributed by atoms with Crippen LogP contribution in [-0.2, 0) is 9.53 Å². The standard InChI is InChI=1S/C16H14ClFN2O4/c1-2-23-15-11(4-3-7-19-15)16(22)24-9-14(21)20-13-8-10(17)5-6-12(13)18/h3-8H,2,9H2,1H3,(H,20,21). The molecule has 0 aliphatic rings. The number of rotatable bonds is 6. The first-order valence-electron chi connectivity index (χ1n) is 7.01. The van der Waals surface area contributed by atoms with E-state index in [4.69, 9.17) is 21.1 Å². The summed E-state index contributed by atoms with van der Waals surface area (Å²) in [5.74, 6) is -2.00. The first kappa shape index (κ1) is 17.7. The van der Waals surface area contributed by atoms with Gasteiger partial charge in [0.15, 0.2) is 6.61 Å². The summed E-state index contributed by atoms with van der Waals surface area (Å²) in [6, 6.07) is 6.73. The Kier molecular flexibility index (Phi) is 6.08. The van der Waals surface area contributed by atoms with Crippen molar-refractivity contribution in [1.82, 2.24) is 4.98 Å². The molecule has 0 atom stereocenters. The lowest BCUT2D eigenvalue weighted by Gasteiger charge is -2.09. The van der Waals surface area contributed by atoms with E-state index in [0.717, 1.165) is 6.07 Å². The van der Waals surface area contributed by atoms with Crippen molar-refractivity contribution in [3.63, 3.8) is 0 Å². The first-order valence-corrected chi connectivity index (χ1v) is 7.39. The quantitative estimate of drug-likeness (QED) is 0.808. The summed E-state index contributed by atoms with van der Waals surface area (Å²) < 4.78 is 23.6. The Hall–Kier alpha value is -2.67. The van der Waals surface area contributed by atoms with Gasteiger partial charge >= 0.3 is 5.97 Å². The highest BCUT2D eigenvalue weighted by molar-refractivity contribution is 6.30. The van der Waals surface area contributed by atoms with Crippen LogP contribution in [0.15, 0.2) is 36.5 Å². The number of amides is 1. The van der Waals surface area contributed by atoms with E-state index in [0.29, 0.717) is 6.61 Å². The fraction of sp³-hybridized carbons (Fsp3) is 0.188. The topological polar surface area (TPSA) is 77.5 Å². The smallest absolute Gasteiger partial charge is 0.344 e. The normalized spacial score (nSPS) is 10.1. The van der Waals surface area contributed by atoms with Crippen molar-refractivity contribution in [3.05, 3.63) is 52.9 Å². The molecule has 0 unspecified atom stereocenters. The molecule has 0 aliphatic carbocycles. The number of hydrogen-bond donors (Lipinski definition) is 1. The number of ether oxygens (including phenoxy) is 2. The predicted octanol–water partition coefficient (Wildman–Crippen LogP) is 3.07. The van der Waals surface area contributed by atoms with Gasteiger partial charge in [-0.2, -0.15) is 0 Å². The molecule has 0 radical (unpaired) electrons. The van der Waals surface area contributed by atoms with Gasteiger partial charge < -0.3 is 14.8 Å². The average Bonchev–Trinajstić information content (AvgIpc) is 2.57. The number of halogens is 2. The lowest BCUT2D eigenvalue weighted by Crippen LogP contribution is -2.22. The molecule has 1 aromatic heterocycles. The van der Waals surface area contributed by atoms with E-state index in [1.54, 1.807) is 13.0 Å². The zero-order valence-electron chi connectivity index (χ0n) is 12.7. The number of esters is 1. The van der Waals surface area contributed by atoms with Crippen LogP contribution in [0.1, 0.15) is 17.3 Å². The maximum Gasteiger partial charge on any atom is 0.344 e. The molecule has 2 aromatic rings. The Morgan fingerprint density at radius 2 is 2.12 bits per heavy atom. The van der Waals surface area contributed by atoms with E-state index in [1.807, 2.05) is 0 Å². The molecule has 1 heterocycles. The maximum atomic E-state index is 13.5. The molecule has 6 nitrogen and oxygen atoms in total. The molecule has 1 aromatic carbocycles. The van der Waals surface area contributed by atoms with Crippen molar-refractivity contribution in [3.8, 4) is 5.88 Å². The van der Waals surface area contributed by atoms with E-state index in [-0.39, 0.29) is 22.2 Å². The minimum atomic E-state index is -0.770. The van der Waals surface area contributed by atoms with Gasteiger partial charge in [-0.1, -0.05) is 11.6 Å². The Labute approximate surface area is 142 Å². The molecule has 1 N–H and O–H groups in total. The Bertz CT molecular complexity index is 755. The second-order valence-electron chi connectivity index (χ2n) is 4.54. The maximum absolute atomic E-state index is 13.5. The van der Waals surface area contributed by atoms with Gasteiger partial charge in [-0.15, -0.1) is 0 Å². The average molecular weight is 353 g/mol. The molecule has 1 amide bonds. The van der Waals surface area contributed by atoms with Crippen molar-refractivity contribution < 1.29 is 23.5 Å². The van der Waals surface area contributed by atoms with Crippen LogP contribution in [0.25, 0.3) is 0 Å². The van der Waals surface area contributed by atoms with E-state index in [2.05, 4.69) is 10.3 Å². The highest BCUT2D eigenvalue weighted by Gasteiger charge is 2.17. The van der Waals surface area contributed by atoms with Gasteiger partial charge in [-0.05, 0) is 37.3 Å². The van der Waals surface area contributed by atoms with E-state index >= 15 is 0 Å². The number of carbonyl (C=O) groups excluding carboxylic acids is 2. The van der Waals surface area contributed by atoms with Gasteiger partial charge in [0, 0.05) is 11.2 Å². The molecular weight excluding hydrogens is 339 g/mol. The molecule has 0 aliphatic heterocycles. The highest BCUT2D eigenvalue weighted by atomic mass is 35.5. The van der Waals surface area contributed by atoms with E-state index < -0.39 is 24.3 Å². The lowest BCUT2D eigenvalue weighted by molar-refractivity contribution is -0.119. The van der Waals surface area contributed by atoms with Crippen LogP contribution in [0.4, 0.5) is 10.1 Å². The molecular formula is C16H14ClFN2O4. The summed E-state index contributed by atoms with van der Waals surface area (Å²) >= 11 is 5.73. The van der Waals surface area contributed by atoms with Gasteiger partial charge in [0.25, 0.3) is 5.91 Å². The third kappa shape index (κ3) is 4.66. The minimum Gasteiger partial charge on any atom is -0.477 e. The summed E-state index contributed by atoms with van der Waals surface area (Å²) in [4.78, 5) is 27.7. The Morgan fingerprint density at radius 3 is 2.88 bits per heavy atom. The van der Waals surface area contributed by atoms with E-state index in [9.17, 15) is 14.0 Å². The fourth-order valence-electron chi connectivity index (χ4n) is 1.79. The third-order valence-corrected chi connectivity index (χ3v) is 3.04. The number of anilines is 1. The van der Waals surface area contributed by atoms with Crippen molar-refractivity contribution >= 4 is 29.2 Å². The zero-order chi connectivity index (χ0) is 17.5. The van der Waals surface area contributed by atoms with Gasteiger partial charge in [0.05, 0.1) is 12.3 Å². The monoisotopic (exact) mass is 352 g/mol. The highest BCUT2D eigenvalue weighted by Crippen LogP contribution is 2.19. The molecule has 126 valence electrons. The molecule has 24 heavy (non-hydrogen) atoms. The number of benzene rings is 1. The number of carbonyl (C=O) groups is 2. The van der Waals surface area contributed by atoms with Crippen LogP contribution >= 0.6 is 11.6 Å². The molecule has 8 heteroatoms. The van der Waals surface area contributed by atoms with Crippen molar-refractivity contribution in [2.75, 3.05) is 18.5 Å². The Balaban J connectivity index is 1.96. The van der Waals surface area contributed by atoms with Gasteiger partial charge in [0.2, 0.25) is 5.88 Å². The molecule has 0 saturated heterocycles. The number of hydrogen-bond acceptors (Lipinski definition) is 5. The molecule has 0 spiro atoms. The zero-order valence-corrected chi connectivity index (χ0v) is 13.5. The van der Waals surface area contributed by atoms with Gasteiger partial charge in [-0.3, -0.25) is 4.79 Å².